The van der Waals surface area contributed by atoms with Gasteiger partial charge in [-0.25, -0.2) is 0 Å². The molecule has 0 amide bonds. The summed E-state index contributed by atoms with van der Waals surface area (Å²) in [6.07, 6.45) is 0. The van der Waals surface area contributed by atoms with E-state index in [2.05, 4.69) is 253 Å². The van der Waals surface area contributed by atoms with Gasteiger partial charge in [-0.3, -0.25) is 0 Å². The molecule has 0 spiro atoms. The fourth-order valence-corrected chi connectivity index (χ4v) is 8.96. The van der Waals surface area contributed by atoms with E-state index in [-0.39, 0.29) is 27.1 Å². The number of hydrogen-bond acceptors (Lipinski definition) is 2. The Kier molecular flexibility index (Phi) is 13.3. The second-order valence-electron chi connectivity index (χ2n) is 23.2. The predicted octanol–water partition coefficient (Wildman–Crippen LogP) is 19.8. The minimum atomic E-state index is -0.0265. The van der Waals surface area contributed by atoms with Gasteiger partial charge in [0.15, 0.2) is 0 Å². The summed E-state index contributed by atoms with van der Waals surface area (Å²) in [7, 11) is 0. The van der Waals surface area contributed by atoms with Gasteiger partial charge in [-0.15, -0.1) is 0 Å². The molecule has 0 aliphatic heterocycles. The first-order valence-electron chi connectivity index (χ1n) is 23.5. The van der Waals surface area contributed by atoms with Crippen molar-refractivity contribution in [2.24, 2.45) is 0 Å². The molecule has 0 aliphatic rings. The molecular weight excluding hydrogens is 844 g/mol. The average Bonchev–Trinajstić information content (AvgIpc) is 3.24. The predicted molar refractivity (Wildman–Crippen MR) is 290 cm³/mol. The lowest BCUT2D eigenvalue weighted by molar-refractivity contribution is 0.590. The van der Waals surface area contributed by atoms with Crippen molar-refractivity contribution in [2.75, 3.05) is 9.80 Å². The van der Waals surface area contributed by atoms with E-state index in [4.69, 9.17) is 23.2 Å². The van der Waals surface area contributed by atoms with Crippen molar-refractivity contribution in [3.05, 3.63) is 190 Å². The lowest BCUT2D eigenvalue weighted by Gasteiger charge is -2.32. The van der Waals surface area contributed by atoms with Crippen molar-refractivity contribution in [1.29, 1.82) is 0 Å². The molecular formula is C62H70Cl2N2. The smallest absolute Gasteiger partial charge is 0.0888 e. The molecule has 66 heavy (non-hydrogen) atoms. The van der Waals surface area contributed by atoms with Gasteiger partial charge in [0.2, 0.25) is 0 Å². The molecule has 0 saturated heterocycles. The molecule has 0 radical (unpaired) electrons. The van der Waals surface area contributed by atoms with E-state index in [0.717, 1.165) is 56.4 Å². The summed E-state index contributed by atoms with van der Waals surface area (Å²) in [6, 6.07) is 55.6. The van der Waals surface area contributed by atoms with Gasteiger partial charge < -0.3 is 9.80 Å². The second-order valence-corrected chi connectivity index (χ2v) is 24.1. The largest absolute Gasteiger partial charge is 0.309 e. The monoisotopic (exact) mass is 912 g/mol. The standard InChI is InChI=1S/C62H70Cl2N2/c1-58(2,3)45-20-16-41(17-21-45)43-36-44(42-18-22-46(23-19-42)59(4,5)6)38-54(37-43)66(53-34-28-49(29-35-53)62(13,14)15)56-40-50(63)39-55(57(56)64)65(51-30-24-47(25-31-51)60(7,8)9)52-32-26-48(27-33-52)61(10,11)12/h16-40H,1-15H3. The molecule has 0 fully saturated rings. The molecule has 0 bridgehead atoms. The number of halogens is 2. The molecule has 7 aromatic carbocycles. The fraction of sp³-hybridized carbons (Fsp3) is 0.323. The highest BCUT2D eigenvalue weighted by Gasteiger charge is 2.27. The summed E-state index contributed by atoms with van der Waals surface area (Å²) >= 11 is 15.3. The SMILES string of the molecule is CC(C)(C)c1ccc(-c2cc(-c3ccc(C(C)(C)C)cc3)cc(N(c3ccc(C(C)(C)C)cc3)c3cc(Cl)cc(N(c4ccc(C(C)(C)C)cc4)c4ccc(C(C)(C)C)cc4)c3Cl)c2)cc1. The first-order valence-corrected chi connectivity index (χ1v) is 24.2. The number of rotatable bonds is 8. The van der Waals surface area contributed by atoms with Crippen LogP contribution in [-0.4, -0.2) is 0 Å². The van der Waals surface area contributed by atoms with Crippen molar-refractivity contribution in [3.8, 4) is 22.3 Å². The molecule has 0 atom stereocenters. The maximum atomic E-state index is 7.97. The summed E-state index contributed by atoms with van der Waals surface area (Å²) in [5.41, 5.74) is 16.4. The van der Waals surface area contributed by atoms with Crippen molar-refractivity contribution < 1.29 is 0 Å². The molecule has 0 saturated carbocycles. The molecule has 0 unspecified atom stereocenters. The highest BCUT2D eigenvalue weighted by molar-refractivity contribution is 6.38. The van der Waals surface area contributed by atoms with E-state index in [9.17, 15) is 0 Å². The molecule has 2 nitrogen and oxygen atoms in total. The summed E-state index contributed by atoms with van der Waals surface area (Å²) in [5.74, 6) is 0. The number of nitrogens with zero attached hydrogens (tertiary/aromatic N) is 2. The lowest BCUT2D eigenvalue weighted by atomic mass is 9.85. The lowest BCUT2D eigenvalue weighted by Crippen LogP contribution is -2.16. The highest BCUT2D eigenvalue weighted by atomic mass is 35.5. The Labute approximate surface area is 407 Å². The van der Waals surface area contributed by atoms with Gasteiger partial charge in [0.25, 0.3) is 0 Å². The number of anilines is 6. The third-order valence-corrected chi connectivity index (χ3v) is 13.4. The summed E-state index contributed by atoms with van der Waals surface area (Å²) < 4.78 is 0. The zero-order chi connectivity index (χ0) is 48.1. The van der Waals surface area contributed by atoms with E-state index >= 15 is 0 Å². The third-order valence-electron chi connectivity index (χ3n) is 12.8. The van der Waals surface area contributed by atoms with Crippen LogP contribution >= 0.6 is 23.2 Å². The summed E-state index contributed by atoms with van der Waals surface area (Å²) in [5, 5.41) is 1.16. The highest BCUT2D eigenvalue weighted by Crippen LogP contribution is 2.50. The Hall–Kier alpha value is -5.28. The molecule has 7 rings (SSSR count). The normalized spacial score (nSPS) is 12.6. The molecule has 342 valence electrons. The first-order chi connectivity index (χ1) is 30.7. The third kappa shape index (κ3) is 10.8. The Morgan fingerprint density at radius 3 is 0.773 bits per heavy atom. The number of hydrogen-bond donors (Lipinski definition) is 0. The molecule has 0 N–H and O–H groups in total. The van der Waals surface area contributed by atoms with Gasteiger partial charge in [-0.05, 0) is 144 Å². The minimum Gasteiger partial charge on any atom is -0.309 e. The molecule has 0 aromatic heterocycles. The van der Waals surface area contributed by atoms with Gasteiger partial charge in [-0.2, -0.15) is 0 Å². The van der Waals surface area contributed by atoms with Gasteiger partial charge in [0, 0.05) is 27.8 Å². The van der Waals surface area contributed by atoms with Crippen molar-refractivity contribution in [3.63, 3.8) is 0 Å². The quantitative estimate of drug-likeness (QED) is 0.150. The van der Waals surface area contributed by atoms with Crippen molar-refractivity contribution in [2.45, 2.75) is 131 Å². The van der Waals surface area contributed by atoms with Crippen LogP contribution < -0.4 is 9.80 Å². The average molecular weight is 914 g/mol. The molecule has 4 heteroatoms. The zero-order valence-electron chi connectivity index (χ0n) is 42.1. The molecule has 0 heterocycles. The van der Waals surface area contributed by atoms with Crippen molar-refractivity contribution in [1.82, 2.24) is 0 Å². The van der Waals surface area contributed by atoms with E-state index in [1.54, 1.807) is 0 Å². The maximum absolute atomic E-state index is 7.97. The van der Waals surface area contributed by atoms with Crippen LogP contribution in [0.2, 0.25) is 10.0 Å². The fourth-order valence-electron chi connectivity index (χ4n) is 8.47. The van der Waals surface area contributed by atoms with E-state index in [0.29, 0.717) is 10.0 Å². The van der Waals surface area contributed by atoms with Crippen LogP contribution in [-0.2, 0) is 27.1 Å². The Morgan fingerprint density at radius 2 is 0.515 bits per heavy atom. The van der Waals surface area contributed by atoms with Crippen LogP contribution in [0.3, 0.4) is 0 Å². The number of benzene rings is 7. The molecule has 7 aromatic rings. The first kappa shape index (κ1) is 48.6. The van der Waals surface area contributed by atoms with Gasteiger partial charge in [0.1, 0.15) is 0 Å². The maximum Gasteiger partial charge on any atom is 0.0888 e. The summed E-state index contributed by atoms with van der Waals surface area (Å²) in [6.45, 7) is 33.8. The Morgan fingerprint density at radius 1 is 0.273 bits per heavy atom. The van der Waals surface area contributed by atoms with Crippen molar-refractivity contribution >= 4 is 57.3 Å². The van der Waals surface area contributed by atoms with Crippen LogP contribution in [0.5, 0.6) is 0 Å². The van der Waals surface area contributed by atoms with Crippen LogP contribution in [0, 0.1) is 0 Å². The van der Waals surface area contributed by atoms with Crippen LogP contribution in [0.25, 0.3) is 22.3 Å². The van der Waals surface area contributed by atoms with E-state index in [1.165, 1.54) is 27.8 Å². The van der Waals surface area contributed by atoms with E-state index < -0.39 is 0 Å². The minimum absolute atomic E-state index is 0.00171. The molecule has 0 aliphatic carbocycles. The van der Waals surface area contributed by atoms with Gasteiger partial charge in [-0.1, -0.05) is 212 Å². The topological polar surface area (TPSA) is 6.48 Å². The van der Waals surface area contributed by atoms with Crippen LogP contribution in [0.1, 0.15) is 132 Å². The Balaban J connectivity index is 1.50. The zero-order valence-corrected chi connectivity index (χ0v) is 43.6. The van der Waals surface area contributed by atoms with Crippen LogP contribution in [0.4, 0.5) is 34.1 Å². The Bertz CT molecular complexity index is 2650. The van der Waals surface area contributed by atoms with Gasteiger partial charge >= 0.3 is 0 Å². The summed E-state index contributed by atoms with van der Waals surface area (Å²) in [4.78, 5) is 4.53. The second kappa shape index (κ2) is 18.1. The van der Waals surface area contributed by atoms with E-state index in [1.807, 2.05) is 12.1 Å². The van der Waals surface area contributed by atoms with Crippen LogP contribution in [0.15, 0.2) is 152 Å². The van der Waals surface area contributed by atoms with Gasteiger partial charge in [0.05, 0.1) is 16.4 Å².